The van der Waals surface area contributed by atoms with Crippen molar-refractivity contribution in [2.75, 3.05) is 11.9 Å². The summed E-state index contributed by atoms with van der Waals surface area (Å²) in [6.07, 6.45) is 2.85. The summed E-state index contributed by atoms with van der Waals surface area (Å²) in [5.74, 6) is -1.10. The van der Waals surface area contributed by atoms with Crippen LogP contribution in [0.1, 0.15) is 11.1 Å². The highest BCUT2D eigenvalue weighted by Crippen LogP contribution is 2.17. The highest BCUT2D eigenvalue weighted by atomic mass is 79.9. The molecule has 0 saturated carbocycles. The van der Waals surface area contributed by atoms with E-state index in [2.05, 4.69) is 21.2 Å². The van der Waals surface area contributed by atoms with Crippen molar-refractivity contribution in [1.82, 2.24) is 0 Å². The Morgan fingerprint density at radius 3 is 2.75 bits per heavy atom. The van der Waals surface area contributed by atoms with Gasteiger partial charge in [-0.25, -0.2) is 4.79 Å². The van der Waals surface area contributed by atoms with E-state index >= 15 is 0 Å². The molecule has 6 heteroatoms. The van der Waals surface area contributed by atoms with E-state index in [4.69, 9.17) is 10.00 Å². The van der Waals surface area contributed by atoms with Crippen LogP contribution in [0.2, 0.25) is 0 Å². The second-order valence-corrected chi connectivity index (χ2v) is 5.56. The number of carbonyl (C=O) groups excluding carboxylic acids is 2. The lowest BCUT2D eigenvalue weighted by Gasteiger charge is -2.05. The molecule has 24 heavy (non-hydrogen) atoms. The van der Waals surface area contributed by atoms with E-state index in [9.17, 15) is 9.59 Å². The smallest absolute Gasteiger partial charge is 0.331 e. The van der Waals surface area contributed by atoms with Crippen molar-refractivity contribution in [3.8, 4) is 6.07 Å². The molecule has 0 aliphatic heterocycles. The number of esters is 1. The lowest BCUT2D eigenvalue weighted by atomic mass is 10.2. The molecule has 2 rings (SSSR count). The number of hydrogen-bond acceptors (Lipinski definition) is 4. The predicted octanol–water partition coefficient (Wildman–Crippen LogP) is 3.52. The minimum atomic E-state index is -0.619. The maximum Gasteiger partial charge on any atom is 0.331 e. The van der Waals surface area contributed by atoms with Crippen molar-refractivity contribution in [3.05, 3.63) is 70.2 Å². The summed E-state index contributed by atoms with van der Waals surface area (Å²) in [5.41, 5.74) is 1.73. The Labute approximate surface area is 147 Å². The Balaban J connectivity index is 1.84. The molecule has 0 heterocycles. The molecule has 2 aromatic carbocycles. The van der Waals surface area contributed by atoms with Gasteiger partial charge in [-0.2, -0.15) is 5.26 Å². The molecule has 0 saturated heterocycles. The van der Waals surface area contributed by atoms with Gasteiger partial charge >= 0.3 is 5.97 Å². The van der Waals surface area contributed by atoms with Gasteiger partial charge in [-0.3, -0.25) is 4.79 Å². The highest BCUT2D eigenvalue weighted by molar-refractivity contribution is 9.10. The largest absolute Gasteiger partial charge is 0.452 e. The molecule has 0 atom stereocenters. The molecule has 0 fully saturated rings. The summed E-state index contributed by atoms with van der Waals surface area (Å²) < 4.78 is 5.73. The number of nitrogens with one attached hydrogen (secondary N) is 1. The standard InChI is InChI=1S/C18H13BrN2O3/c19-16-7-2-1-5-14(16)8-9-18(23)24-12-17(22)21-15-6-3-4-13(10-15)11-20/h1-10H,12H2,(H,21,22)/b9-8+. The van der Waals surface area contributed by atoms with Crippen molar-refractivity contribution < 1.29 is 14.3 Å². The predicted molar refractivity (Wildman–Crippen MR) is 93.9 cm³/mol. The first-order valence-corrected chi connectivity index (χ1v) is 7.77. The molecular formula is C18H13BrN2O3. The van der Waals surface area contributed by atoms with E-state index in [1.54, 1.807) is 24.3 Å². The van der Waals surface area contributed by atoms with Gasteiger partial charge in [0, 0.05) is 16.2 Å². The molecular weight excluding hydrogens is 372 g/mol. The van der Waals surface area contributed by atoms with Gasteiger partial charge < -0.3 is 10.1 Å². The van der Waals surface area contributed by atoms with E-state index in [0.29, 0.717) is 11.3 Å². The van der Waals surface area contributed by atoms with Crippen molar-refractivity contribution in [3.63, 3.8) is 0 Å². The molecule has 0 unspecified atom stereocenters. The van der Waals surface area contributed by atoms with Crippen LogP contribution in [0.4, 0.5) is 5.69 Å². The summed E-state index contributed by atoms with van der Waals surface area (Å²) in [7, 11) is 0. The summed E-state index contributed by atoms with van der Waals surface area (Å²) in [6.45, 7) is -0.407. The van der Waals surface area contributed by atoms with E-state index in [0.717, 1.165) is 10.0 Å². The topological polar surface area (TPSA) is 79.2 Å². The van der Waals surface area contributed by atoms with Gasteiger partial charge in [0.15, 0.2) is 6.61 Å². The van der Waals surface area contributed by atoms with E-state index < -0.39 is 18.5 Å². The number of nitriles is 1. The Morgan fingerprint density at radius 2 is 2.00 bits per heavy atom. The molecule has 0 radical (unpaired) electrons. The van der Waals surface area contributed by atoms with Crippen molar-refractivity contribution in [2.24, 2.45) is 0 Å². The molecule has 0 aliphatic carbocycles. The van der Waals surface area contributed by atoms with Gasteiger partial charge in [0.05, 0.1) is 11.6 Å². The number of rotatable bonds is 5. The lowest BCUT2D eigenvalue weighted by molar-refractivity contribution is -0.142. The zero-order valence-electron chi connectivity index (χ0n) is 12.5. The number of hydrogen-bond donors (Lipinski definition) is 1. The Bertz CT molecular complexity index is 825. The number of anilines is 1. The third-order valence-electron chi connectivity index (χ3n) is 2.93. The van der Waals surface area contributed by atoms with Crippen LogP contribution in [0.3, 0.4) is 0 Å². The van der Waals surface area contributed by atoms with Crippen molar-refractivity contribution in [2.45, 2.75) is 0 Å². The molecule has 0 spiro atoms. The Hall–Kier alpha value is -2.91. The second-order valence-electron chi connectivity index (χ2n) is 4.70. The van der Waals surface area contributed by atoms with E-state index in [1.165, 1.54) is 12.1 Å². The zero-order valence-corrected chi connectivity index (χ0v) is 14.1. The molecule has 1 amide bonds. The number of carbonyl (C=O) groups is 2. The minimum Gasteiger partial charge on any atom is -0.452 e. The average molecular weight is 385 g/mol. The van der Waals surface area contributed by atoms with Crippen LogP contribution >= 0.6 is 15.9 Å². The number of benzene rings is 2. The quantitative estimate of drug-likeness (QED) is 0.631. The van der Waals surface area contributed by atoms with Gasteiger partial charge in [0.1, 0.15) is 0 Å². The number of ether oxygens (including phenoxy) is 1. The summed E-state index contributed by atoms with van der Waals surface area (Å²) in [4.78, 5) is 23.4. The molecule has 1 N–H and O–H groups in total. The third kappa shape index (κ3) is 5.38. The fourth-order valence-corrected chi connectivity index (χ4v) is 2.23. The molecule has 0 aliphatic rings. The van der Waals surface area contributed by atoms with Gasteiger partial charge in [0.25, 0.3) is 5.91 Å². The van der Waals surface area contributed by atoms with Crippen molar-refractivity contribution in [1.29, 1.82) is 5.26 Å². The molecule has 0 bridgehead atoms. The highest BCUT2D eigenvalue weighted by Gasteiger charge is 2.06. The summed E-state index contributed by atoms with van der Waals surface area (Å²) in [5, 5.41) is 11.4. The van der Waals surface area contributed by atoms with Crippen LogP contribution in [0.25, 0.3) is 6.08 Å². The fourth-order valence-electron chi connectivity index (χ4n) is 1.82. The number of halogens is 1. The maximum absolute atomic E-state index is 11.7. The summed E-state index contributed by atoms with van der Waals surface area (Å²) in [6, 6.07) is 15.8. The van der Waals surface area contributed by atoms with Gasteiger partial charge in [0.2, 0.25) is 0 Å². The first-order chi connectivity index (χ1) is 11.6. The normalized spacial score (nSPS) is 10.2. The number of amides is 1. The maximum atomic E-state index is 11.7. The Kier molecular flexibility index (Phi) is 6.29. The van der Waals surface area contributed by atoms with E-state index in [-0.39, 0.29) is 0 Å². The lowest BCUT2D eigenvalue weighted by Crippen LogP contribution is -2.20. The first kappa shape index (κ1) is 17.4. The molecule has 120 valence electrons. The SMILES string of the molecule is N#Cc1cccc(NC(=O)COC(=O)/C=C/c2ccccc2Br)c1. The third-order valence-corrected chi connectivity index (χ3v) is 3.65. The van der Waals surface area contributed by atoms with Crippen LogP contribution < -0.4 is 5.32 Å². The van der Waals surface area contributed by atoms with Crippen LogP contribution in [0.15, 0.2) is 59.1 Å². The van der Waals surface area contributed by atoms with Crippen molar-refractivity contribution >= 4 is 39.6 Å². The first-order valence-electron chi connectivity index (χ1n) is 6.98. The molecule has 5 nitrogen and oxygen atoms in total. The number of nitrogens with zero attached hydrogens (tertiary/aromatic N) is 1. The second kappa shape index (κ2) is 8.65. The minimum absolute atomic E-state index is 0.407. The monoisotopic (exact) mass is 384 g/mol. The fraction of sp³-hybridized carbons (Fsp3) is 0.0556. The summed E-state index contributed by atoms with van der Waals surface area (Å²) >= 11 is 3.37. The average Bonchev–Trinajstić information content (AvgIpc) is 2.59. The van der Waals surface area contributed by atoms with Crippen LogP contribution in [-0.4, -0.2) is 18.5 Å². The zero-order chi connectivity index (χ0) is 17.4. The van der Waals surface area contributed by atoms with Gasteiger partial charge in [-0.05, 0) is 35.9 Å². The Morgan fingerprint density at radius 1 is 1.21 bits per heavy atom. The van der Waals surface area contributed by atoms with Crippen LogP contribution in [0, 0.1) is 11.3 Å². The van der Waals surface area contributed by atoms with Crippen LogP contribution in [0.5, 0.6) is 0 Å². The van der Waals surface area contributed by atoms with Gasteiger partial charge in [-0.15, -0.1) is 0 Å². The molecule has 2 aromatic rings. The molecule has 0 aromatic heterocycles. The van der Waals surface area contributed by atoms with E-state index in [1.807, 2.05) is 30.3 Å². The van der Waals surface area contributed by atoms with Crippen LogP contribution in [-0.2, 0) is 14.3 Å². The van der Waals surface area contributed by atoms with Gasteiger partial charge in [-0.1, -0.05) is 40.2 Å².